The van der Waals surface area contributed by atoms with Crippen molar-refractivity contribution in [1.82, 2.24) is 0 Å². The van der Waals surface area contributed by atoms with E-state index in [0.29, 0.717) is 0 Å². The number of benzene rings is 2. The number of halogens is 1. The monoisotopic (exact) mass is 303 g/mol. The number of nitrogens with one attached hydrogen (secondary N) is 1. The fraction of sp³-hybridized carbons (Fsp3) is 0.133. The molecule has 2 nitrogen and oxygen atoms in total. The van der Waals surface area contributed by atoms with Crippen molar-refractivity contribution in [3.63, 3.8) is 0 Å². The summed E-state index contributed by atoms with van der Waals surface area (Å²) in [6, 6.07) is 16.2. The predicted molar refractivity (Wildman–Crippen MR) is 77.7 cm³/mol. The molecule has 0 radical (unpaired) electrons. The third kappa shape index (κ3) is 3.70. The lowest BCUT2D eigenvalue weighted by atomic mass is 10.0. The van der Waals surface area contributed by atoms with E-state index < -0.39 is 0 Å². The number of hydrogen-bond acceptors (Lipinski definition) is 1. The van der Waals surface area contributed by atoms with Gasteiger partial charge in [-0.3, -0.25) is 4.79 Å². The summed E-state index contributed by atoms with van der Waals surface area (Å²) in [5.41, 5.74) is 3.33. The van der Waals surface area contributed by atoms with Crippen LogP contribution in [0.5, 0.6) is 0 Å². The molecule has 0 aromatic heterocycles. The van der Waals surface area contributed by atoms with Gasteiger partial charge in [0, 0.05) is 17.1 Å². The number of hydrogen-bond donors (Lipinski definition) is 1. The first-order chi connectivity index (χ1) is 8.63. The Morgan fingerprint density at radius 2 is 1.50 bits per heavy atom. The lowest BCUT2D eigenvalue weighted by molar-refractivity contribution is -0.114. The summed E-state index contributed by atoms with van der Waals surface area (Å²) in [4.78, 5) is 10.9. The van der Waals surface area contributed by atoms with Crippen LogP contribution in [0.2, 0.25) is 0 Å². The molecule has 3 heteroatoms. The molecular weight excluding hydrogens is 290 g/mol. The van der Waals surface area contributed by atoms with Crippen LogP contribution in [0.4, 0.5) is 5.69 Å². The van der Waals surface area contributed by atoms with Gasteiger partial charge >= 0.3 is 0 Å². The lowest BCUT2D eigenvalue weighted by Gasteiger charge is -2.05. The van der Waals surface area contributed by atoms with Gasteiger partial charge in [0.05, 0.1) is 0 Å². The van der Waals surface area contributed by atoms with E-state index >= 15 is 0 Å². The van der Waals surface area contributed by atoms with E-state index in [1.54, 1.807) is 0 Å². The van der Waals surface area contributed by atoms with Gasteiger partial charge in [0.1, 0.15) is 0 Å². The zero-order valence-electron chi connectivity index (χ0n) is 10.1. The highest BCUT2D eigenvalue weighted by Crippen LogP contribution is 2.16. The van der Waals surface area contributed by atoms with Gasteiger partial charge in [-0.15, -0.1) is 0 Å². The average Bonchev–Trinajstić information content (AvgIpc) is 2.34. The van der Waals surface area contributed by atoms with Gasteiger partial charge < -0.3 is 5.32 Å². The fourth-order valence-corrected chi connectivity index (χ4v) is 2.01. The molecule has 92 valence electrons. The van der Waals surface area contributed by atoms with Gasteiger partial charge in [0.25, 0.3) is 0 Å². The SMILES string of the molecule is CC(=O)Nc1ccc(Cc2ccc(Br)cc2)cc1. The molecule has 0 saturated heterocycles. The molecular formula is C15H14BrNO. The van der Waals surface area contributed by atoms with Crippen LogP contribution in [-0.4, -0.2) is 5.91 Å². The topological polar surface area (TPSA) is 29.1 Å². The molecule has 18 heavy (non-hydrogen) atoms. The number of anilines is 1. The third-order valence-electron chi connectivity index (χ3n) is 2.60. The van der Waals surface area contributed by atoms with E-state index in [1.165, 1.54) is 18.1 Å². The number of amides is 1. The van der Waals surface area contributed by atoms with Crippen molar-refractivity contribution in [3.8, 4) is 0 Å². The van der Waals surface area contributed by atoms with Gasteiger partial charge in [-0.1, -0.05) is 40.2 Å². The van der Waals surface area contributed by atoms with Crippen LogP contribution in [-0.2, 0) is 11.2 Å². The van der Waals surface area contributed by atoms with Crippen molar-refractivity contribution < 1.29 is 4.79 Å². The molecule has 0 spiro atoms. The van der Waals surface area contributed by atoms with Crippen molar-refractivity contribution >= 4 is 27.5 Å². The Morgan fingerprint density at radius 3 is 2.00 bits per heavy atom. The highest BCUT2D eigenvalue weighted by Gasteiger charge is 1.98. The van der Waals surface area contributed by atoms with Crippen LogP contribution in [0.15, 0.2) is 53.0 Å². The summed E-state index contributed by atoms with van der Waals surface area (Å²) in [7, 11) is 0. The molecule has 0 aliphatic heterocycles. The van der Waals surface area contributed by atoms with E-state index in [2.05, 4.69) is 33.4 Å². The Morgan fingerprint density at radius 1 is 1.00 bits per heavy atom. The molecule has 0 aliphatic rings. The molecule has 0 atom stereocenters. The zero-order chi connectivity index (χ0) is 13.0. The van der Waals surface area contributed by atoms with Gasteiger partial charge in [0.2, 0.25) is 5.91 Å². The largest absolute Gasteiger partial charge is 0.326 e. The Kier molecular flexibility index (Phi) is 4.15. The maximum Gasteiger partial charge on any atom is 0.221 e. The smallest absolute Gasteiger partial charge is 0.221 e. The highest BCUT2D eigenvalue weighted by atomic mass is 79.9. The highest BCUT2D eigenvalue weighted by molar-refractivity contribution is 9.10. The fourth-order valence-electron chi connectivity index (χ4n) is 1.75. The van der Waals surface area contributed by atoms with Gasteiger partial charge in [-0.05, 0) is 41.8 Å². The predicted octanol–water partition coefficient (Wildman–Crippen LogP) is 4.00. The number of carbonyl (C=O) groups excluding carboxylic acids is 1. The first kappa shape index (κ1) is 12.8. The molecule has 0 fully saturated rings. The van der Waals surface area contributed by atoms with Gasteiger partial charge in [-0.25, -0.2) is 0 Å². The zero-order valence-corrected chi connectivity index (χ0v) is 11.7. The molecule has 1 N–H and O–H groups in total. The van der Waals surface area contributed by atoms with Crippen LogP contribution in [0.3, 0.4) is 0 Å². The van der Waals surface area contributed by atoms with E-state index in [1.807, 2.05) is 36.4 Å². The molecule has 2 aromatic rings. The van der Waals surface area contributed by atoms with E-state index in [0.717, 1.165) is 16.6 Å². The third-order valence-corrected chi connectivity index (χ3v) is 3.12. The van der Waals surface area contributed by atoms with E-state index in [4.69, 9.17) is 0 Å². The normalized spacial score (nSPS) is 10.1. The summed E-state index contributed by atoms with van der Waals surface area (Å²) in [6.45, 7) is 1.51. The first-order valence-electron chi connectivity index (χ1n) is 5.74. The molecule has 2 rings (SSSR count). The van der Waals surface area contributed by atoms with Crippen molar-refractivity contribution in [2.45, 2.75) is 13.3 Å². The Hall–Kier alpha value is -1.61. The van der Waals surface area contributed by atoms with Crippen molar-refractivity contribution in [2.75, 3.05) is 5.32 Å². The molecule has 0 unspecified atom stereocenters. The Bertz CT molecular complexity index is 531. The minimum Gasteiger partial charge on any atom is -0.326 e. The van der Waals surface area contributed by atoms with Crippen molar-refractivity contribution in [3.05, 3.63) is 64.1 Å². The maximum atomic E-state index is 10.9. The summed E-state index contributed by atoms with van der Waals surface area (Å²) in [5.74, 6) is -0.0457. The second kappa shape index (κ2) is 5.83. The summed E-state index contributed by atoms with van der Waals surface area (Å²) in [6.07, 6.45) is 0.896. The summed E-state index contributed by atoms with van der Waals surface area (Å²) < 4.78 is 1.09. The van der Waals surface area contributed by atoms with Crippen molar-refractivity contribution in [2.24, 2.45) is 0 Å². The molecule has 0 bridgehead atoms. The average molecular weight is 304 g/mol. The second-order valence-corrected chi connectivity index (χ2v) is 5.10. The molecule has 1 amide bonds. The van der Waals surface area contributed by atoms with Crippen LogP contribution < -0.4 is 5.32 Å². The van der Waals surface area contributed by atoms with Gasteiger partial charge in [0.15, 0.2) is 0 Å². The standard InChI is InChI=1S/C15H14BrNO/c1-11(18)17-15-8-4-13(5-9-15)10-12-2-6-14(16)7-3-12/h2-9H,10H2,1H3,(H,17,18). The van der Waals surface area contributed by atoms with Crippen LogP contribution in [0, 0.1) is 0 Å². The van der Waals surface area contributed by atoms with E-state index in [-0.39, 0.29) is 5.91 Å². The molecule has 0 saturated carbocycles. The minimum absolute atomic E-state index is 0.0457. The van der Waals surface area contributed by atoms with E-state index in [9.17, 15) is 4.79 Å². The first-order valence-corrected chi connectivity index (χ1v) is 6.54. The van der Waals surface area contributed by atoms with Crippen LogP contribution >= 0.6 is 15.9 Å². The summed E-state index contributed by atoms with van der Waals surface area (Å²) in [5, 5.41) is 2.76. The van der Waals surface area contributed by atoms with Crippen LogP contribution in [0.25, 0.3) is 0 Å². The lowest BCUT2D eigenvalue weighted by Crippen LogP contribution is -2.05. The quantitative estimate of drug-likeness (QED) is 0.912. The molecule has 0 heterocycles. The second-order valence-electron chi connectivity index (χ2n) is 4.18. The molecule has 0 aliphatic carbocycles. The maximum absolute atomic E-state index is 10.9. The number of carbonyl (C=O) groups is 1. The molecule has 2 aromatic carbocycles. The minimum atomic E-state index is -0.0457. The Labute approximate surface area is 115 Å². The van der Waals surface area contributed by atoms with Crippen LogP contribution in [0.1, 0.15) is 18.1 Å². The van der Waals surface area contributed by atoms with Gasteiger partial charge in [-0.2, -0.15) is 0 Å². The van der Waals surface area contributed by atoms with Crippen molar-refractivity contribution in [1.29, 1.82) is 0 Å². The number of rotatable bonds is 3. The summed E-state index contributed by atoms with van der Waals surface area (Å²) >= 11 is 3.42. The Balaban J connectivity index is 2.06.